The van der Waals surface area contributed by atoms with E-state index in [1.165, 1.54) is 26.5 Å². The number of rotatable bonds is 7. The van der Waals surface area contributed by atoms with Crippen molar-refractivity contribution >= 4 is 10.0 Å². The number of para-hydroxylation sites is 1. The fraction of sp³-hybridized carbons (Fsp3) is 0.286. The van der Waals surface area contributed by atoms with E-state index >= 15 is 0 Å². The minimum atomic E-state index is -3.70. The van der Waals surface area contributed by atoms with Crippen molar-refractivity contribution in [3.63, 3.8) is 0 Å². The quantitative estimate of drug-likeness (QED) is 0.845. The van der Waals surface area contributed by atoms with E-state index in [-0.39, 0.29) is 17.2 Å². The highest BCUT2D eigenvalue weighted by atomic mass is 32.2. The first-order valence-electron chi connectivity index (χ1n) is 6.27. The van der Waals surface area contributed by atoms with Crippen LogP contribution in [-0.4, -0.2) is 29.2 Å². The molecule has 1 aromatic heterocycles. The van der Waals surface area contributed by atoms with E-state index < -0.39 is 16.1 Å². The lowest BCUT2D eigenvalue weighted by atomic mass is 10.3. The van der Waals surface area contributed by atoms with Gasteiger partial charge in [-0.1, -0.05) is 12.1 Å². The Balaban J connectivity index is 2.14. The van der Waals surface area contributed by atoms with Crippen LogP contribution in [0, 0.1) is 0 Å². The zero-order chi connectivity index (χ0) is 15.3. The highest BCUT2D eigenvalue weighted by molar-refractivity contribution is 7.89. The van der Waals surface area contributed by atoms with Crippen molar-refractivity contribution in [3.05, 3.63) is 48.4 Å². The maximum atomic E-state index is 12.3. The van der Waals surface area contributed by atoms with Crippen molar-refractivity contribution < 1.29 is 22.3 Å². The molecule has 0 saturated carbocycles. The van der Waals surface area contributed by atoms with Gasteiger partial charge in [0.05, 0.1) is 13.4 Å². The lowest BCUT2D eigenvalue weighted by Crippen LogP contribution is -2.29. The van der Waals surface area contributed by atoms with Crippen LogP contribution in [0.2, 0.25) is 0 Å². The molecule has 0 aliphatic rings. The molecule has 21 heavy (non-hydrogen) atoms. The highest BCUT2D eigenvalue weighted by Crippen LogP contribution is 2.23. The van der Waals surface area contributed by atoms with Crippen LogP contribution >= 0.6 is 0 Å². The summed E-state index contributed by atoms with van der Waals surface area (Å²) >= 11 is 0. The number of hydrogen-bond acceptors (Lipinski definition) is 5. The second-order valence-electron chi connectivity index (χ2n) is 4.24. The largest absolute Gasteiger partial charge is 0.495 e. The Morgan fingerprint density at radius 1 is 1.19 bits per heavy atom. The summed E-state index contributed by atoms with van der Waals surface area (Å²) in [6.07, 6.45) is 1.01. The number of nitrogens with one attached hydrogen (secondary N) is 1. The van der Waals surface area contributed by atoms with Gasteiger partial charge in [0.1, 0.15) is 22.5 Å². The van der Waals surface area contributed by atoms with Gasteiger partial charge in [0.25, 0.3) is 0 Å². The first-order valence-corrected chi connectivity index (χ1v) is 7.75. The van der Waals surface area contributed by atoms with Crippen molar-refractivity contribution in [1.29, 1.82) is 0 Å². The third kappa shape index (κ3) is 3.63. The van der Waals surface area contributed by atoms with Gasteiger partial charge in [-0.15, -0.1) is 0 Å². The minimum Gasteiger partial charge on any atom is -0.495 e. The summed E-state index contributed by atoms with van der Waals surface area (Å²) in [5, 5.41) is 0. The number of sulfonamides is 1. The lowest BCUT2D eigenvalue weighted by molar-refractivity contribution is 0.0878. The normalized spacial score (nSPS) is 13.0. The smallest absolute Gasteiger partial charge is 0.244 e. The SMILES string of the molecule is COc1ccccc1S(=O)(=O)NCC(OC)c1ccco1. The number of furan rings is 1. The Kier molecular flexibility index (Phi) is 5.00. The summed E-state index contributed by atoms with van der Waals surface area (Å²) in [6.45, 7) is 0.0599. The summed E-state index contributed by atoms with van der Waals surface area (Å²) in [5.41, 5.74) is 0. The zero-order valence-electron chi connectivity index (χ0n) is 11.8. The molecule has 1 unspecified atom stereocenters. The third-order valence-electron chi connectivity index (χ3n) is 2.96. The first-order chi connectivity index (χ1) is 10.1. The van der Waals surface area contributed by atoms with E-state index in [1.54, 1.807) is 30.3 Å². The molecule has 0 aliphatic carbocycles. The van der Waals surface area contributed by atoms with Gasteiger partial charge in [-0.05, 0) is 24.3 Å². The van der Waals surface area contributed by atoms with E-state index in [4.69, 9.17) is 13.9 Å². The predicted octanol–water partition coefficient (Wildman–Crippen LogP) is 1.95. The number of benzene rings is 1. The Hall–Kier alpha value is -1.83. The highest BCUT2D eigenvalue weighted by Gasteiger charge is 2.22. The third-order valence-corrected chi connectivity index (χ3v) is 4.43. The molecule has 0 spiro atoms. The van der Waals surface area contributed by atoms with Gasteiger partial charge in [0, 0.05) is 13.7 Å². The van der Waals surface area contributed by atoms with Crippen molar-refractivity contribution in [2.45, 2.75) is 11.0 Å². The second kappa shape index (κ2) is 6.75. The van der Waals surface area contributed by atoms with Gasteiger partial charge in [-0.25, -0.2) is 13.1 Å². The van der Waals surface area contributed by atoms with E-state index in [0.717, 1.165) is 0 Å². The minimum absolute atomic E-state index is 0.0599. The van der Waals surface area contributed by atoms with E-state index in [0.29, 0.717) is 5.76 Å². The van der Waals surface area contributed by atoms with Crippen LogP contribution in [-0.2, 0) is 14.8 Å². The monoisotopic (exact) mass is 311 g/mol. The Morgan fingerprint density at radius 2 is 1.95 bits per heavy atom. The number of hydrogen-bond donors (Lipinski definition) is 1. The molecule has 0 radical (unpaired) electrons. The van der Waals surface area contributed by atoms with Crippen LogP contribution in [0.15, 0.2) is 52.0 Å². The zero-order valence-corrected chi connectivity index (χ0v) is 12.6. The van der Waals surface area contributed by atoms with Gasteiger partial charge < -0.3 is 13.9 Å². The van der Waals surface area contributed by atoms with Crippen LogP contribution in [0.1, 0.15) is 11.9 Å². The molecule has 2 rings (SSSR count). The molecule has 0 saturated heterocycles. The van der Waals surface area contributed by atoms with Crippen LogP contribution in [0.5, 0.6) is 5.75 Å². The van der Waals surface area contributed by atoms with Gasteiger partial charge >= 0.3 is 0 Å². The summed E-state index contributed by atoms with van der Waals surface area (Å²) in [5.74, 6) is 0.845. The Labute approximate surface area is 123 Å². The number of ether oxygens (including phenoxy) is 2. The van der Waals surface area contributed by atoms with Gasteiger partial charge in [0.15, 0.2) is 0 Å². The summed E-state index contributed by atoms with van der Waals surface area (Å²) < 4.78 is 42.7. The van der Waals surface area contributed by atoms with E-state index in [2.05, 4.69) is 4.72 Å². The molecule has 114 valence electrons. The molecule has 0 fully saturated rings. The lowest BCUT2D eigenvalue weighted by Gasteiger charge is -2.15. The molecule has 1 aromatic carbocycles. The molecule has 0 aliphatic heterocycles. The average molecular weight is 311 g/mol. The van der Waals surface area contributed by atoms with Crippen LogP contribution in [0.4, 0.5) is 0 Å². The molecule has 1 N–H and O–H groups in total. The first kappa shape index (κ1) is 15.6. The molecule has 7 heteroatoms. The standard InChI is InChI=1S/C14H17NO5S/c1-18-12-6-3-4-8-14(12)21(16,17)15-10-13(19-2)11-7-5-9-20-11/h3-9,13,15H,10H2,1-2H3. The van der Waals surface area contributed by atoms with Gasteiger partial charge in [0.2, 0.25) is 10.0 Å². The molecular weight excluding hydrogens is 294 g/mol. The van der Waals surface area contributed by atoms with Crippen molar-refractivity contribution in [3.8, 4) is 5.75 Å². The van der Waals surface area contributed by atoms with Crippen molar-refractivity contribution in [2.24, 2.45) is 0 Å². The van der Waals surface area contributed by atoms with Crippen molar-refractivity contribution in [1.82, 2.24) is 4.72 Å². The Morgan fingerprint density at radius 3 is 2.57 bits per heavy atom. The fourth-order valence-corrected chi connectivity index (χ4v) is 3.08. The molecule has 0 bridgehead atoms. The van der Waals surface area contributed by atoms with Crippen molar-refractivity contribution in [2.75, 3.05) is 20.8 Å². The van der Waals surface area contributed by atoms with E-state index in [1.807, 2.05) is 0 Å². The van der Waals surface area contributed by atoms with Crippen LogP contribution < -0.4 is 9.46 Å². The summed E-state index contributed by atoms with van der Waals surface area (Å²) in [6, 6.07) is 9.86. The van der Waals surface area contributed by atoms with E-state index in [9.17, 15) is 8.42 Å². The molecule has 0 amide bonds. The molecule has 1 atom stereocenters. The molecule has 1 heterocycles. The molecule has 2 aromatic rings. The van der Waals surface area contributed by atoms with Gasteiger partial charge in [-0.3, -0.25) is 0 Å². The second-order valence-corrected chi connectivity index (χ2v) is 5.98. The maximum Gasteiger partial charge on any atom is 0.244 e. The molecule has 6 nitrogen and oxygen atoms in total. The fourth-order valence-electron chi connectivity index (χ4n) is 1.88. The summed E-state index contributed by atoms with van der Waals surface area (Å²) in [4.78, 5) is 0.0850. The number of methoxy groups -OCH3 is 2. The summed E-state index contributed by atoms with van der Waals surface area (Å²) in [7, 11) is -0.780. The maximum absolute atomic E-state index is 12.3. The van der Waals surface area contributed by atoms with Gasteiger partial charge in [-0.2, -0.15) is 0 Å². The predicted molar refractivity (Wildman–Crippen MR) is 76.6 cm³/mol. The van der Waals surface area contributed by atoms with Crippen LogP contribution in [0.25, 0.3) is 0 Å². The van der Waals surface area contributed by atoms with Crippen LogP contribution in [0.3, 0.4) is 0 Å². The topological polar surface area (TPSA) is 77.8 Å². The molecular formula is C14H17NO5S. The Bertz CT molecular complexity index is 666. The average Bonchev–Trinajstić information content (AvgIpc) is 3.02.